The van der Waals surface area contributed by atoms with Crippen molar-refractivity contribution in [2.75, 3.05) is 18.6 Å². The van der Waals surface area contributed by atoms with Crippen molar-refractivity contribution in [3.8, 4) is 0 Å². The van der Waals surface area contributed by atoms with Crippen molar-refractivity contribution in [3.05, 3.63) is 42.5 Å². The Bertz CT molecular complexity index is 847. The number of hydrogen-bond donors (Lipinski definition) is 0. The molecule has 0 N–H and O–H groups in total. The van der Waals surface area contributed by atoms with E-state index in [0.717, 1.165) is 28.5 Å². The van der Waals surface area contributed by atoms with Gasteiger partial charge in [-0.05, 0) is 29.5 Å². The van der Waals surface area contributed by atoms with Crippen LogP contribution in [-0.4, -0.2) is 33.9 Å². The summed E-state index contributed by atoms with van der Waals surface area (Å²) in [6.07, 6.45) is 1.85. The van der Waals surface area contributed by atoms with Gasteiger partial charge in [-0.15, -0.1) is 0 Å². The molecule has 3 rings (SSSR count). The van der Waals surface area contributed by atoms with Crippen LogP contribution >= 0.6 is 23.5 Å². The Hall–Kier alpha value is -1.46. The van der Waals surface area contributed by atoms with Crippen molar-refractivity contribution in [1.82, 2.24) is 4.90 Å². The largest absolute Gasteiger partial charge is 0.287 e. The normalized spacial score (nSPS) is 18.6. The third-order valence-corrected chi connectivity index (χ3v) is 7.65. The van der Waals surface area contributed by atoms with Gasteiger partial charge in [0.1, 0.15) is 0 Å². The van der Waals surface area contributed by atoms with E-state index in [4.69, 9.17) is 4.99 Å². The molecule has 0 unspecified atom stereocenters. The van der Waals surface area contributed by atoms with Crippen molar-refractivity contribution in [1.29, 1.82) is 0 Å². The van der Waals surface area contributed by atoms with Crippen molar-refractivity contribution >= 4 is 50.4 Å². The number of benzene rings is 2. The number of fused-ring (bicyclic) bond motifs is 1. The van der Waals surface area contributed by atoms with Gasteiger partial charge in [-0.2, -0.15) is 0 Å². The van der Waals surface area contributed by atoms with E-state index < -0.39 is 0 Å². The predicted molar refractivity (Wildman–Crippen MR) is 121 cm³/mol. The first kappa shape index (κ1) is 20.3. The number of carbonyl (C=O) groups is 1. The summed E-state index contributed by atoms with van der Waals surface area (Å²) in [7, 11) is 0. The standard InChI is InChI=1S/C22H28N2OS2/c1-15(2)22(16(3)4)13-24(21(25)26-5)20(27-14-22)23-19-12-8-10-17-9-6-7-11-18(17)19/h6-12,15-16H,13-14H2,1-5H3. The molecule has 0 saturated carbocycles. The third-order valence-electron chi connectivity index (χ3n) is 5.83. The number of amidine groups is 1. The molecule has 0 atom stereocenters. The lowest BCUT2D eigenvalue weighted by molar-refractivity contribution is 0.114. The minimum Gasteiger partial charge on any atom is -0.281 e. The first-order valence-electron chi connectivity index (χ1n) is 9.44. The molecule has 3 nitrogen and oxygen atoms in total. The van der Waals surface area contributed by atoms with Crippen LogP contribution in [0.2, 0.25) is 0 Å². The van der Waals surface area contributed by atoms with Gasteiger partial charge in [-0.1, -0.05) is 87.6 Å². The van der Waals surface area contributed by atoms with Crippen LogP contribution < -0.4 is 0 Å². The summed E-state index contributed by atoms with van der Waals surface area (Å²) < 4.78 is 0. The second-order valence-electron chi connectivity index (χ2n) is 7.78. The fourth-order valence-corrected chi connectivity index (χ4v) is 5.86. The summed E-state index contributed by atoms with van der Waals surface area (Å²) in [6, 6.07) is 14.4. The molecule has 1 aliphatic rings. The fourth-order valence-electron chi connectivity index (χ4n) is 3.80. The summed E-state index contributed by atoms with van der Waals surface area (Å²) in [5.74, 6) is 1.99. The van der Waals surface area contributed by atoms with E-state index in [1.165, 1.54) is 17.1 Å². The maximum Gasteiger partial charge on any atom is 0.287 e. The summed E-state index contributed by atoms with van der Waals surface area (Å²) in [4.78, 5) is 19.6. The molecular formula is C22H28N2OS2. The maximum atomic E-state index is 12.8. The zero-order chi connectivity index (χ0) is 19.6. The van der Waals surface area contributed by atoms with Gasteiger partial charge >= 0.3 is 0 Å². The Labute approximate surface area is 171 Å². The van der Waals surface area contributed by atoms with Gasteiger partial charge < -0.3 is 0 Å². The van der Waals surface area contributed by atoms with Crippen LogP contribution in [0.5, 0.6) is 0 Å². The molecule has 5 heteroatoms. The Kier molecular flexibility index (Phi) is 6.21. The predicted octanol–water partition coefficient (Wildman–Crippen LogP) is 6.66. The molecule has 1 aliphatic heterocycles. The molecule has 0 bridgehead atoms. The molecule has 0 radical (unpaired) electrons. The fraction of sp³-hybridized carbons (Fsp3) is 0.455. The van der Waals surface area contributed by atoms with Crippen LogP contribution in [0, 0.1) is 17.3 Å². The number of rotatable bonds is 3. The maximum absolute atomic E-state index is 12.8. The minimum absolute atomic E-state index is 0.0758. The van der Waals surface area contributed by atoms with E-state index >= 15 is 0 Å². The number of aliphatic imine (C=N–C) groups is 1. The zero-order valence-corrected chi connectivity index (χ0v) is 18.4. The number of amides is 1. The molecule has 27 heavy (non-hydrogen) atoms. The van der Waals surface area contributed by atoms with Crippen molar-refractivity contribution in [3.63, 3.8) is 0 Å². The highest BCUT2D eigenvalue weighted by Gasteiger charge is 2.44. The van der Waals surface area contributed by atoms with Gasteiger partial charge in [-0.25, -0.2) is 4.99 Å². The van der Waals surface area contributed by atoms with Gasteiger partial charge in [-0.3, -0.25) is 9.69 Å². The quantitative estimate of drug-likeness (QED) is 0.577. The molecule has 2 aromatic rings. The van der Waals surface area contributed by atoms with E-state index in [2.05, 4.69) is 45.9 Å². The van der Waals surface area contributed by atoms with E-state index in [1.54, 1.807) is 11.8 Å². The van der Waals surface area contributed by atoms with Crippen molar-refractivity contribution < 1.29 is 4.79 Å². The number of carbonyl (C=O) groups excluding carboxylic acids is 1. The second kappa shape index (κ2) is 8.27. The van der Waals surface area contributed by atoms with Gasteiger partial charge in [0.05, 0.1) is 5.69 Å². The summed E-state index contributed by atoms with van der Waals surface area (Å²) >= 11 is 2.99. The second-order valence-corrected chi connectivity index (χ2v) is 9.48. The first-order valence-corrected chi connectivity index (χ1v) is 11.6. The molecule has 1 heterocycles. The van der Waals surface area contributed by atoms with Gasteiger partial charge in [0.2, 0.25) is 0 Å². The average molecular weight is 401 g/mol. The summed E-state index contributed by atoms with van der Waals surface area (Å²) in [5, 5.41) is 3.19. The van der Waals surface area contributed by atoms with Crippen LogP contribution in [0.15, 0.2) is 47.5 Å². The Morgan fingerprint density at radius 3 is 2.44 bits per heavy atom. The van der Waals surface area contributed by atoms with Crippen LogP contribution in [0.1, 0.15) is 27.7 Å². The molecule has 0 spiro atoms. The average Bonchev–Trinajstić information content (AvgIpc) is 2.67. The van der Waals surface area contributed by atoms with Crippen LogP contribution in [0.3, 0.4) is 0 Å². The lowest BCUT2D eigenvalue weighted by Crippen LogP contribution is -2.53. The smallest absolute Gasteiger partial charge is 0.281 e. The van der Waals surface area contributed by atoms with Crippen molar-refractivity contribution in [2.24, 2.45) is 22.2 Å². The molecule has 144 valence electrons. The van der Waals surface area contributed by atoms with E-state index in [9.17, 15) is 4.79 Å². The highest BCUT2D eigenvalue weighted by molar-refractivity contribution is 8.15. The topological polar surface area (TPSA) is 32.7 Å². The third kappa shape index (κ3) is 3.90. The number of nitrogens with zero attached hydrogens (tertiary/aromatic N) is 2. The molecule has 0 aliphatic carbocycles. The SMILES string of the molecule is CSC(=O)N1CC(C(C)C)(C(C)C)CSC1=Nc1cccc2ccccc12. The summed E-state index contributed by atoms with van der Waals surface area (Å²) in [6.45, 7) is 9.83. The minimum atomic E-state index is 0.0758. The van der Waals surface area contributed by atoms with Crippen LogP contribution in [-0.2, 0) is 0 Å². The number of thioether (sulfide) groups is 2. The van der Waals surface area contributed by atoms with Crippen LogP contribution in [0.25, 0.3) is 10.8 Å². The van der Waals surface area contributed by atoms with Gasteiger partial charge in [0, 0.05) is 23.1 Å². The molecule has 1 fully saturated rings. The zero-order valence-electron chi connectivity index (χ0n) is 16.7. The molecular weight excluding hydrogens is 372 g/mol. The monoisotopic (exact) mass is 400 g/mol. The number of hydrogen-bond acceptors (Lipinski definition) is 4. The molecule has 1 saturated heterocycles. The van der Waals surface area contributed by atoms with Crippen molar-refractivity contribution in [2.45, 2.75) is 27.7 Å². The van der Waals surface area contributed by atoms with Gasteiger partial charge in [0.25, 0.3) is 5.24 Å². The molecule has 2 aromatic carbocycles. The first-order chi connectivity index (χ1) is 12.9. The van der Waals surface area contributed by atoms with Crippen LogP contribution in [0.4, 0.5) is 10.5 Å². The summed E-state index contributed by atoms with van der Waals surface area (Å²) in [5.41, 5.74) is 1.03. The van der Waals surface area contributed by atoms with E-state index in [-0.39, 0.29) is 10.7 Å². The highest BCUT2D eigenvalue weighted by Crippen LogP contribution is 2.45. The Balaban J connectivity index is 2.04. The van der Waals surface area contributed by atoms with Gasteiger partial charge in [0.15, 0.2) is 5.17 Å². The lowest BCUT2D eigenvalue weighted by Gasteiger charge is -2.48. The molecule has 1 amide bonds. The van der Waals surface area contributed by atoms with E-state index in [0.29, 0.717) is 11.8 Å². The molecule has 0 aromatic heterocycles. The Morgan fingerprint density at radius 2 is 1.78 bits per heavy atom. The highest BCUT2D eigenvalue weighted by atomic mass is 32.2. The van der Waals surface area contributed by atoms with E-state index in [1.807, 2.05) is 35.4 Å². The lowest BCUT2D eigenvalue weighted by atomic mass is 9.70. The Morgan fingerprint density at radius 1 is 1.11 bits per heavy atom.